The Morgan fingerprint density at radius 2 is 1.65 bits per heavy atom. The van der Waals surface area contributed by atoms with Crippen molar-refractivity contribution in [1.82, 2.24) is 10.4 Å². The van der Waals surface area contributed by atoms with Gasteiger partial charge in [-0.15, -0.1) is 0 Å². The van der Waals surface area contributed by atoms with Gasteiger partial charge in [-0.2, -0.15) is 0 Å². The molecule has 0 aliphatic carbocycles. The second-order valence-electron chi connectivity index (χ2n) is 6.70. The van der Waals surface area contributed by atoms with Crippen LogP contribution in [-0.4, -0.2) is 48.9 Å². The Kier molecular flexibility index (Phi) is 6.45. The van der Waals surface area contributed by atoms with Crippen LogP contribution >= 0.6 is 11.6 Å². The van der Waals surface area contributed by atoms with Gasteiger partial charge in [0.1, 0.15) is 17.5 Å². The fourth-order valence-corrected chi connectivity index (χ4v) is 3.29. The Morgan fingerprint density at radius 3 is 2.16 bits per heavy atom. The first-order valence-electron chi connectivity index (χ1n) is 9.21. The highest BCUT2D eigenvalue weighted by atomic mass is 35.5. The number of nitrogens with one attached hydrogen (secondary N) is 1. The molecule has 9 nitrogen and oxygen atoms in total. The van der Waals surface area contributed by atoms with E-state index in [2.05, 4.69) is 5.43 Å². The average Bonchev–Trinajstić information content (AvgIpc) is 3.05. The van der Waals surface area contributed by atoms with Gasteiger partial charge in [0, 0.05) is 35.7 Å². The van der Waals surface area contributed by atoms with Gasteiger partial charge in [0.05, 0.1) is 26.3 Å². The molecule has 10 heteroatoms. The molecule has 1 aliphatic heterocycles. The Labute approximate surface area is 183 Å². The van der Waals surface area contributed by atoms with E-state index in [4.69, 9.17) is 21.1 Å². The summed E-state index contributed by atoms with van der Waals surface area (Å²) in [5.41, 5.74) is 2.89. The van der Waals surface area contributed by atoms with Crippen LogP contribution in [0.25, 0.3) is 0 Å². The number of benzene rings is 2. The zero-order valence-corrected chi connectivity index (χ0v) is 17.8. The molecule has 1 heterocycles. The average molecular weight is 446 g/mol. The van der Waals surface area contributed by atoms with E-state index in [0.29, 0.717) is 16.5 Å². The maximum Gasteiger partial charge on any atom is 0.269 e. The summed E-state index contributed by atoms with van der Waals surface area (Å²) in [6.45, 7) is 1.19. The van der Waals surface area contributed by atoms with Gasteiger partial charge >= 0.3 is 0 Å². The molecule has 0 bridgehead atoms. The molecule has 4 amide bonds. The van der Waals surface area contributed by atoms with Gasteiger partial charge in [-0.1, -0.05) is 11.6 Å². The summed E-state index contributed by atoms with van der Waals surface area (Å²) in [5, 5.41) is 1.31. The van der Waals surface area contributed by atoms with E-state index in [-0.39, 0.29) is 17.7 Å². The molecule has 1 N–H and O–H groups in total. The van der Waals surface area contributed by atoms with Crippen LogP contribution in [0.15, 0.2) is 42.5 Å². The molecule has 1 aliphatic rings. The number of nitrogens with zero attached hydrogens (tertiary/aromatic N) is 2. The van der Waals surface area contributed by atoms with Crippen LogP contribution in [-0.2, 0) is 14.4 Å². The predicted octanol–water partition coefficient (Wildman–Crippen LogP) is 2.18. The Hall–Kier alpha value is -3.59. The molecular formula is C21H20ClN3O6. The van der Waals surface area contributed by atoms with Crippen molar-refractivity contribution in [1.29, 1.82) is 0 Å². The lowest BCUT2D eigenvalue weighted by atomic mass is 10.2. The number of ether oxygens (including phenoxy) is 2. The Bertz CT molecular complexity index is 1020. The van der Waals surface area contributed by atoms with Crippen molar-refractivity contribution < 1.29 is 28.7 Å². The summed E-state index contributed by atoms with van der Waals surface area (Å²) in [6.07, 6.45) is -0.293. The zero-order chi connectivity index (χ0) is 22.7. The summed E-state index contributed by atoms with van der Waals surface area (Å²) in [5.74, 6) is -1.63. The summed E-state index contributed by atoms with van der Waals surface area (Å²) in [6, 6.07) is 9.42. The number of hydrazine groups is 1. The quantitative estimate of drug-likeness (QED) is 0.558. The SMILES string of the molecule is COc1cc(OC)cc(N2C(=O)CC(N(NC(=O)c3ccc(Cl)cc3)C(C)=O)C2=O)c1. The number of anilines is 1. The lowest BCUT2D eigenvalue weighted by Crippen LogP contribution is -2.54. The minimum atomic E-state index is -1.20. The fourth-order valence-electron chi connectivity index (χ4n) is 3.16. The second kappa shape index (κ2) is 9.05. The molecule has 0 spiro atoms. The van der Waals surface area contributed by atoms with Crippen molar-refractivity contribution in [2.75, 3.05) is 19.1 Å². The van der Waals surface area contributed by atoms with Crippen LogP contribution in [0.3, 0.4) is 0 Å². The van der Waals surface area contributed by atoms with Crippen molar-refractivity contribution >= 4 is 40.9 Å². The Morgan fingerprint density at radius 1 is 1.06 bits per heavy atom. The third kappa shape index (κ3) is 4.61. The third-order valence-electron chi connectivity index (χ3n) is 4.70. The third-order valence-corrected chi connectivity index (χ3v) is 4.95. The van der Waals surface area contributed by atoms with Gasteiger partial charge in [0.15, 0.2) is 0 Å². The van der Waals surface area contributed by atoms with Gasteiger partial charge in [-0.3, -0.25) is 24.6 Å². The molecule has 1 atom stereocenters. The lowest BCUT2D eigenvalue weighted by molar-refractivity contribution is -0.139. The standard InChI is InChI=1S/C21H20ClN3O6/c1-12(26)25(23-20(28)13-4-6-14(22)7-5-13)18-11-19(27)24(21(18)29)15-8-16(30-2)10-17(9-15)31-3/h4-10,18H,11H2,1-3H3,(H,23,28). The van der Waals surface area contributed by atoms with Crippen LogP contribution < -0.4 is 19.8 Å². The molecule has 2 aromatic carbocycles. The molecular weight excluding hydrogens is 426 g/mol. The molecule has 162 valence electrons. The van der Waals surface area contributed by atoms with Crippen LogP contribution in [0.1, 0.15) is 23.7 Å². The summed E-state index contributed by atoms with van der Waals surface area (Å²) < 4.78 is 10.4. The van der Waals surface area contributed by atoms with Crippen molar-refractivity contribution in [3.63, 3.8) is 0 Å². The highest BCUT2D eigenvalue weighted by molar-refractivity contribution is 6.30. The van der Waals surface area contributed by atoms with Crippen molar-refractivity contribution in [2.45, 2.75) is 19.4 Å². The molecule has 1 unspecified atom stereocenters. The van der Waals surface area contributed by atoms with E-state index in [0.717, 1.165) is 9.91 Å². The molecule has 3 rings (SSSR count). The van der Waals surface area contributed by atoms with Gasteiger partial charge in [0.2, 0.25) is 11.8 Å². The molecule has 2 aromatic rings. The maximum absolute atomic E-state index is 13.1. The number of hydrogen-bond acceptors (Lipinski definition) is 6. The Balaban J connectivity index is 1.87. The summed E-state index contributed by atoms with van der Waals surface area (Å²) >= 11 is 5.83. The van der Waals surface area contributed by atoms with Crippen LogP contribution in [0.4, 0.5) is 5.69 Å². The van der Waals surface area contributed by atoms with E-state index in [9.17, 15) is 19.2 Å². The first-order valence-corrected chi connectivity index (χ1v) is 9.59. The van der Waals surface area contributed by atoms with Crippen molar-refractivity contribution in [2.24, 2.45) is 0 Å². The van der Waals surface area contributed by atoms with E-state index in [1.165, 1.54) is 57.5 Å². The van der Waals surface area contributed by atoms with Crippen molar-refractivity contribution in [3.8, 4) is 11.5 Å². The van der Waals surface area contributed by atoms with Crippen LogP contribution in [0, 0.1) is 0 Å². The number of carbonyl (C=O) groups is 4. The molecule has 31 heavy (non-hydrogen) atoms. The van der Waals surface area contributed by atoms with Crippen molar-refractivity contribution in [3.05, 3.63) is 53.1 Å². The van der Waals surface area contributed by atoms with E-state index in [1.54, 1.807) is 6.07 Å². The molecule has 0 aromatic heterocycles. The van der Waals surface area contributed by atoms with E-state index in [1.807, 2.05) is 0 Å². The number of imide groups is 1. The van der Waals surface area contributed by atoms with Crippen LogP contribution in [0.5, 0.6) is 11.5 Å². The molecule has 1 saturated heterocycles. The summed E-state index contributed by atoms with van der Waals surface area (Å²) in [7, 11) is 2.89. The van der Waals surface area contributed by atoms with Gasteiger partial charge in [-0.05, 0) is 24.3 Å². The highest BCUT2D eigenvalue weighted by Gasteiger charge is 2.45. The van der Waals surface area contributed by atoms with E-state index >= 15 is 0 Å². The first kappa shape index (κ1) is 22.1. The number of methoxy groups -OCH3 is 2. The normalized spacial score (nSPS) is 15.6. The topological polar surface area (TPSA) is 105 Å². The molecule has 1 fully saturated rings. The molecule has 0 saturated carbocycles. The number of halogens is 1. The number of carbonyl (C=O) groups excluding carboxylic acids is 4. The number of rotatable bonds is 5. The highest BCUT2D eigenvalue weighted by Crippen LogP contribution is 2.32. The maximum atomic E-state index is 13.1. The smallest absolute Gasteiger partial charge is 0.269 e. The van der Waals surface area contributed by atoms with E-state index < -0.39 is 29.7 Å². The lowest BCUT2D eigenvalue weighted by Gasteiger charge is -2.26. The first-order chi connectivity index (χ1) is 14.7. The monoisotopic (exact) mass is 445 g/mol. The predicted molar refractivity (Wildman–Crippen MR) is 112 cm³/mol. The van der Waals surface area contributed by atoms with Gasteiger partial charge in [-0.25, -0.2) is 9.91 Å². The fraction of sp³-hybridized carbons (Fsp3) is 0.238. The van der Waals surface area contributed by atoms with Crippen LogP contribution in [0.2, 0.25) is 5.02 Å². The van der Waals surface area contributed by atoms with Gasteiger partial charge in [0.25, 0.3) is 11.8 Å². The number of hydrogen-bond donors (Lipinski definition) is 1. The number of amides is 4. The zero-order valence-electron chi connectivity index (χ0n) is 17.0. The summed E-state index contributed by atoms with van der Waals surface area (Å²) in [4.78, 5) is 51.5. The largest absolute Gasteiger partial charge is 0.497 e. The second-order valence-corrected chi connectivity index (χ2v) is 7.13. The minimum Gasteiger partial charge on any atom is -0.497 e. The molecule has 0 radical (unpaired) electrons. The minimum absolute atomic E-state index is 0.237. The van der Waals surface area contributed by atoms with Gasteiger partial charge < -0.3 is 9.47 Å².